The van der Waals surface area contributed by atoms with Gasteiger partial charge in [0.1, 0.15) is 17.5 Å². The lowest BCUT2D eigenvalue weighted by molar-refractivity contribution is -0.139. The fourth-order valence-electron chi connectivity index (χ4n) is 6.11. The first-order valence-electron chi connectivity index (χ1n) is 17.0. The van der Waals surface area contributed by atoms with Gasteiger partial charge in [0.25, 0.3) is 5.91 Å². The van der Waals surface area contributed by atoms with Crippen molar-refractivity contribution in [3.63, 3.8) is 0 Å². The molecule has 1 unspecified atom stereocenters. The molecular weight excluding hydrogens is 682 g/mol. The van der Waals surface area contributed by atoms with E-state index < -0.39 is 29.7 Å². The van der Waals surface area contributed by atoms with Crippen LogP contribution in [0, 0.1) is 0 Å². The molecule has 53 heavy (non-hydrogen) atoms. The Labute approximate surface area is 304 Å². The van der Waals surface area contributed by atoms with Crippen LogP contribution in [0.2, 0.25) is 0 Å². The maximum absolute atomic E-state index is 13.0. The number of carboxylic acids is 1. The highest BCUT2D eigenvalue weighted by atomic mass is 16.6. The molecular formula is C38H39N7O8. The number of nitrogens with one attached hydrogen (secondary N) is 2. The van der Waals surface area contributed by atoms with Crippen LogP contribution in [0.5, 0.6) is 17.2 Å². The molecule has 1 atom stereocenters. The third-order valence-electron chi connectivity index (χ3n) is 8.98. The number of carbonyl (C=O) groups excluding carboxylic acids is 2. The number of aromatic amines is 1. The van der Waals surface area contributed by atoms with E-state index in [1.165, 1.54) is 29.1 Å². The van der Waals surface area contributed by atoms with Gasteiger partial charge in [-0.1, -0.05) is 56.3 Å². The SMILES string of the molecule is CC(C)c1cc(-c2n[nH]c(=O)n2-c2ccc(CN3CCN(C(=O)Oc4cncc(C(=O)NC(Cc5ccccc5)C(=O)O)c4)CC3)cc2)c(O)cc1O. The van der Waals surface area contributed by atoms with E-state index >= 15 is 0 Å². The molecule has 0 spiro atoms. The van der Waals surface area contributed by atoms with Crippen molar-refractivity contribution in [2.45, 2.75) is 38.8 Å². The van der Waals surface area contributed by atoms with Gasteiger partial charge in [0.15, 0.2) is 11.6 Å². The predicted octanol–water partition coefficient (Wildman–Crippen LogP) is 3.90. The smallest absolute Gasteiger partial charge is 0.415 e. The zero-order chi connectivity index (χ0) is 37.6. The maximum atomic E-state index is 13.0. The van der Waals surface area contributed by atoms with Crippen LogP contribution in [0.4, 0.5) is 4.79 Å². The number of aromatic hydroxyl groups is 2. The summed E-state index contributed by atoms with van der Waals surface area (Å²) in [6.45, 7) is 6.34. The number of amides is 2. The van der Waals surface area contributed by atoms with E-state index in [1.807, 2.05) is 32.0 Å². The molecule has 0 aliphatic carbocycles. The van der Waals surface area contributed by atoms with Gasteiger partial charge in [-0.05, 0) is 46.9 Å². The average molecular weight is 722 g/mol. The minimum absolute atomic E-state index is 0.0261. The zero-order valence-electron chi connectivity index (χ0n) is 29.1. The van der Waals surface area contributed by atoms with E-state index in [9.17, 15) is 34.5 Å². The summed E-state index contributed by atoms with van der Waals surface area (Å²) in [4.78, 5) is 58.2. The molecule has 6 rings (SSSR count). The number of carbonyl (C=O) groups is 3. The third kappa shape index (κ3) is 8.53. The van der Waals surface area contributed by atoms with Gasteiger partial charge in [-0.2, -0.15) is 5.10 Å². The van der Waals surface area contributed by atoms with Gasteiger partial charge in [-0.25, -0.2) is 24.0 Å². The van der Waals surface area contributed by atoms with E-state index in [2.05, 4.69) is 25.4 Å². The molecule has 5 N–H and O–H groups in total. The summed E-state index contributed by atoms with van der Waals surface area (Å²) < 4.78 is 6.89. The Hall–Kier alpha value is -6.48. The van der Waals surface area contributed by atoms with Crippen LogP contribution in [-0.2, 0) is 17.8 Å². The van der Waals surface area contributed by atoms with Crippen molar-refractivity contribution < 1.29 is 34.4 Å². The monoisotopic (exact) mass is 721 g/mol. The number of aromatic nitrogens is 4. The van der Waals surface area contributed by atoms with Gasteiger partial charge in [-0.3, -0.25) is 14.7 Å². The molecule has 0 radical (unpaired) electrons. The second kappa shape index (κ2) is 15.8. The van der Waals surface area contributed by atoms with Crippen molar-refractivity contribution in [1.29, 1.82) is 0 Å². The fourth-order valence-corrected chi connectivity index (χ4v) is 6.11. The first-order chi connectivity index (χ1) is 25.5. The lowest BCUT2D eigenvalue weighted by atomic mass is 9.98. The van der Waals surface area contributed by atoms with E-state index in [-0.39, 0.29) is 41.0 Å². The molecule has 2 aromatic heterocycles. The molecule has 1 aliphatic rings. The summed E-state index contributed by atoms with van der Waals surface area (Å²) in [6.07, 6.45) is 2.09. The van der Waals surface area contributed by atoms with E-state index in [0.717, 1.165) is 11.1 Å². The number of aliphatic carboxylic acids is 1. The average Bonchev–Trinajstić information content (AvgIpc) is 3.52. The molecule has 2 amide bonds. The third-order valence-corrected chi connectivity index (χ3v) is 8.98. The van der Waals surface area contributed by atoms with Crippen LogP contribution in [0.3, 0.4) is 0 Å². The van der Waals surface area contributed by atoms with Crippen molar-refractivity contribution >= 4 is 18.0 Å². The second-order valence-corrected chi connectivity index (χ2v) is 13.0. The number of nitrogens with zero attached hydrogens (tertiary/aromatic N) is 5. The number of hydrogen-bond donors (Lipinski definition) is 5. The number of phenols is 2. The quantitative estimate of drug-likeness (QED) is 0.132. The van der Waals surface area contributed by atoms with Crippen LogP contribution in [-0.4, -0.2) is 95.1 Å². The molecule has 1 aliphatic heterocycles. The molecule has 15 heteroatoms. The van der Waals surface area contributed by atoms with Crippen LogP contribution >= 0.6 is 0 Å². The summed E-state index contributed by atoms with van der Waals surface area (Å²) in [5.74, 6) is -1.84. The lowest BCUT2D eigenvalue weighted by Crippen LogP contribution is -2.49. The Morgan fingerprint density at radius 2 is 1.62 bits per heavy atom. The molecule has 15 nitrogen and oxygen atoms in total. The van der Waals surface area contributed by atoms with Gasteiger partial charge < -0.3 is 30.3 Å². The number of H-pyrrole nitrogens is 1. The van der Waals surface area contributed by atoms with Gasteiger partial charge in [0, 0.05) is 51.4 Å². The summed E-state index contributed by atoms with van der Waals surface area (Å²) in [6, 6.07) is 19.4. The molecule has 1 saturated heterocycles. The molecule has 5 aromatic rings. The first-order valence-corrected chi connectivity index (χ1v) is 17.0. The van der Waals surface area contributed by atoms with E-state index in [1.54, 1.807) is 47.4 Å². The van der Waals surface area contributed by atoms with Crippen LogP contribution in [0.25, 0.3) is 17.1 Å². The highest BCUT2D eigenvalue weighted by Crippen LogP contribution is 2.37. The van der Waals surface area contributed by atoms with Crippen molar-refractivity contribution in [1.82, 2.24) is 34.9 Å². The normalized spacial score (nSPS) is 13.8. The minimum atomic E-state index is -1.18. The number of benzene rings is 3. The van der Waals surface area contributed by atoms with Crippen molar-refractivity contribution in [3.8, 4) is 34.3 Å². The van der Waals surface area contributed by atoms with Crippen LogP contribution in [0.1, 0.15) is 46.8 Å². The minimum Gasteiger partial charge on any atom is -0.508 e. The maximum Gasteiger partial charge on any atom is 0.415 e. The van der Waals surface area contributed by atoms with Gasteiger partial charge in [-0.15, -0.1) is 0 Å². The fraction of sp³-hybridized carbons (Fsp3) is 0.263. The highest BCUT2D eigenvalue weighted by Gasteiger charge is 2.25. The standard InChI is InChI=1S/C38H39N7O8/c1-23(2)29-18-30(33(47)19-32(29)46)34-41-42-37(51)45(34)27-10-8-25(9-11-27)22-43-12-14-44(15-13-43)38(52)53-28-17-26(20-39-21-28)35(48)40-31(36(49)50)16-24-6-4-3-5-7-24/h3-11,17-21,23,31,46-47H,12-16,22H2,1-2H3,(H,40,48)(H,42,51)(H,49,50). The number of carboxylic acid groups (broad SMARTS) is 1. The molecule has 274 valence electrons. The van der Waals surface area contributed by atoms with Crippen molar-refractivity contribution in [2.75, 3.05) is 26.2 Å². The highest BCUT2D eigenvalue weighted by molar-refractivity contribution is 5.96. The molecule has 1 fully saturated rings. The molecule has 0 saturated carbocycles. The van der Waals surface area contributed by atoms with Crippen LogP contribution < -0.4 is 15.7 Å². The van der Waals surface area contributed by atoms with Crippen LogP contribution in [0.15, 0.2) is 90.0 Å². The Morgan fingerprint density at radius 3 is 2.30 bits per heavy atom. The van der Waals surface area contributed by atoms with Gasteiger partial charge in [0.2, 0.25) is 0 Å². The lowest BCUT2D eigenvalue weighted by Gasteiger charge is -2.34. The Morgan fingerprint density at radius 1 is 0.906 bits per heavy atom. The molecule has 3 heterocycles. The zero-order valence-corrected chi connectivity index (χ0v) is 29.1. The van der Waals surface area contributed by atoms with Crippen molar-refractivity contribution in [2.24, 2.45) is 0 Å². The second-order valence-electron chi connectivity index (χ2n) is 13.0. The van der Waals surface area contributed by atoms with E-state index in [4.69, 9.17) is 4.74 Å². The Kier molecular flexibility index (Phi) is 10.8. The number of ether oxygens (including phenoxy) is 1. The van der Waals surface area contributed by atoms with Gasteiger partial charge >= 0.3 is 17.8 Å². The topological polar surface area (TPSA) is 203 Å². The summed E-state index contributed by atoms with van der Waals surface area (Å²) >= 11 is 0. The number of phenolic OH excluding ortho intramolecular Hbond substituents is 2. The van der Waals surface area contributed by atoms with E-state index in [0.29, 0.717) is 49.5 Å². The number of rotatable bonds is 11. The largest absolute Gasteiger partial charge is 0.508 e. The molecule has 3 aromatic carbocycles. The number of piperazine rings is 1. The predicted molar refractivity (Wildman–Crippen MR) is 193 cm³/mol. The Balaban J connectivity index is 1.03. The summed E-state index contributed by atoms with van der Waals surface area (Å²) in [7, 11) is 0. The molecule has 0 bridgehead atoms. The van der Waals surface area contributed by atoms with Crippen molar-refractivity contribution in [3.05, 3.63) is 118 Å². The first kappa shape index (κ1) is 36.3. The van der Waals surface area contributed by atoms with Gasteiger partial charge in [0.05, 0.1) is 23.0 Å². The Bertz CT molecular complexity index is 2160. The number of pyridine rings is 1. The summed E-state index contributed by atoms with van der Waals surface area (Å²) in [5.41, 5.74) is 2.77. The number of hydrogen-bond acceptors (Lipinski definition) is 10. The summed E-state index contributed by atoms with van der Waals surface area (Å²) in [5, 5.41) is 39.6.